The topological polar surface area (TPSA) is 82.5 Å². The predicted molar refractivity (Wildman–Crippen MR) is 68.8 cm³/mol. The number of nitrogens with zero attached hydrogens (tertiary/aromatic N) is 5. The Bertz CT molecular complexity index is 846. The van der Waals surface area contributed by atoms with E-state index >= 15 is 0 Å². The van der Waals surface area contributed by atoms with Gasteiger partial charge in [0.15, 0.2) is 0 Å². The molecule has 0 saturated carbocycles. The first-order valence-electron chi connectivity index (χ1n) is 5.72. The second-order valence-electron chi connectivity index (χ2n) is 4.12. The summed E-state index contributed by atoms with van der Waals surface area (Å²) in [4.78, 5) is 7.87. The van der Waals surface area contributed by atoms with Crippen LogP contribution in [-0.4, -0.2) is 24.8 Å². The zero-order valence-corrected chi connectivity index (χ0v) is 11.4. The molecule has 6 nitrogen and oxygen atoms in total. The number of aromatic nitrogens is 5. The first kappa shape index (κ1) is 14.5. The van der Waals surface area contributed by atoms with Gasteiger partial charge in [0.05, 0.1) is 5.52 Å². The molecule has 2 aromatic heterocycles. The van der Waals surface area contributed by atoms with Crippen LogP contribution >= 0.6 is 11.8 Å². The van der Waals surface area contributed by atoms with Crippen LogP contribution < -0.4 is 5.84 Å². The molecule has 0 bridgehead atoms. The molecule has 3 rings (SSSR count). The molecule has 0 atom stereocenters. The Balaban J connectivity index is 2.04. The van der Waals surface area contributed by atoms with Gasteiger partial charge in [-0.1, -0.05) is 0 Å². The number of fused-ring (bicyclic) bond motifs is 1. The molecule has 22 heavy (non-hydrogen) atoms. The smallest absolute Gasteiger partial charge is 0.335 e. The fourth-order valence-corrected chi connectivity index (χ4v) is 2.53. The SMILES string of the molecule is Nn1c(Sc2ncnc3ccc(F)cc23)nnc1C(F)(F)F. The Labute approximate surface area is 124 Å². The van der Waals surface area contributed by atoms with Crippen molar-refractivity contribution < 1.29 is 17.6 Å². The minimum absolute atomic E-state index is 0.220. The lowest BCUT2D eigenvalue weighted by molar-refractivity contribution is -0.146. The highest BCUT2D eigenvalue weighted by Gasteiger charge is 2.38. The molecule has 3 aromatic rings. The van der Waals surface area contributed by atoms with E-state index in [-0.39, 0.29) is 10.2 Å². The van der Waals surface area contributed by atoms with Crippen LogP contribution in [0.3, 0.4) is 0 Å². The summed E-state index contributed by atoms with van der Waals surface area (Å²) in [6, 6.07) is 3.83. The third-order valence-corrected chi connectivity index (χ3v) is 3.65. The van der Waals surface area contributed by atoms with E-state index in [1.54, 1.807) is 0 Å². The van der Waals surface area contributed by atoms with Gasteiger partial charge in [-0.15, -0.1) is 10.2 Å². The van der Waals surface area contributed by atoms with Gasteiger partial charge in [0.1, 0.15) is 17.2 Å². The summed E-state index contributed by atoms with van der Waals surface area (Å²) < 4.78 is 51.5. The molecule has 11 heteroatoms. The fourth-order valence-electron chi connectivity index (χ4n) is 1.71. The number of halogens is 4. The van der Waals surface area contributed by atoms with Crippen molar-refractivity contribution in [1.82, 2.24) is 24.8 Å². The molecule has 0 aliphatic heterocycles. The van der Waals surface area contributed by atoms with Gasteiger partial charge in [-0.3, -0.25) is 0 Å². The lowest BCUT2D eigenvalue weighted by Gasteiger charge is -2.06. The van der Waals surface area contributed by atoms with Crippen LogP contribution in [0.25, 0.3) is 10.9 Å². The lowest BCUT2D eigenvalue weighted by atomic mass is 10.2. The second kappa shape index (κ2) is 5.09. The van der Waals surface area contributed by atoms with Gasteiger partial charge in [0.25, 0.3) is 5.82 Å². The minimum Gasteiger partial charge on any atom is -0.335 e. The van der Waals surface area contributed by atoms with Crippen LogP contribution in [0, 0.1) is 5.82 Å². The van der Waals surface area contributed by atoms with E-state index in [0.717, 1.165) is 11.8 Å². The summed E-state index contributed by atoms with van der Waals surface area (Å²) in [5, 5.41) is 6.72. The quantitative estimate of drug-likeness (QED) is 0.441. The number of rotatable bonds is 2. The van der Waals surface area contributed by atoms with Crippen molar-refractivity contribution in [3.8, 4) is 0 Å². The zero-order valence-electron chi connectivity index (χ0n) is 10.5. The number of nitrogen functional groups attached to an aromatic ring is 1. The van der Waals surface area contributed by atoms with Crippen LogP contribution in [0.1, 0.15) is 5.82 Å². The van der Waals surface area contributed by atoms with Crippen molar-refractivity contribution in [2.45, 2.75) is 16.4 Å². The molecular formula is C11H6F4N6S. The molecule has 0 saturated heterocycles. The maximum absolute atomic E-state index is 13.3. The van der Waals surface area contributed by atoms with E-state index in [0.29, 0.717) is 15.6 Å². The standard InChI is InChI=1S/C11H6F4N6S/c12-5-1-2-7-6(3-5)8(18-4-17-7)22-10-20-19-9(21(10)16)11(13,14)15/h1-4H,16H2. The summed E-state index contributed by atoms with van der Waals surface area (Å²) in [7, 11) is 0. The van der Waals surface area contributed by atoms with Crippen LogP contribution in [-0.2, 0) is 6.18 Å². The fraction of sp³-hybridized carbons (Fsp3) is 0.0909. The van der Waals surface area contributed by atoms with Crippen LogP contribution in [0.15, 0.2) is 34.7 Å². The average molecular weight is 330 g/mol. The molecule has 2 N–H and O–H groups in total. The molecule has 114 valence electrons. The van der Waals surface area contributed by atoms with Crippen LogP contribution in [0.2, 0.25) is 0 Å². The van der Waals surface area contributed by atoms with Crippen molar-refractivity contribution in [2.24, 2.45) is 0 Å². The zero-order chi connectivity index (χ0) is 15.9. The van der Waals surface area contributed by atoms with Crippen molar-refractivity contribution in [2.75, 3.05) is 5.84 Å². The van der Waals surface area contributed by atoms with Gasteiger partial charge in [0.2, 0.25) is 5.16 Å². The number of nitrogens with two attached hydrogens (primary N) is 1. The van der Waals surface area contributed by atoms with Crippen molar-refractivity contribution in [3.63, 3.8) is 0 Å². The maximum Gasteiger partial charge on any atom is 0.453 e. The Morgan fingerprint density at radius 1 is 1.14 bits per heavy atom. The molecule has 0 unspecified atom stereocenters. The molecule has 0 radical (unpaired) electrons. The van der Waals surface area contributed by atoms with E-state index < -0.39 is 17.8 Å². The highest BCUT2D eigenvalue weighted by atomic mass is 32.2. The normalized spacial score (nSPS) is 12.0. The van der Waals surface area contributed by atoms with E-state index in [4.69, 9.17) is 5.84 Å². The molecule has 0 spiro atoms. The van der Waals surface area contributed by atoms with Crippen LogP contribution in [0.4, 0.5) is 17.6 Å². The van der Waals surface area contributed by atoms with E-state index in [1.807, 2.05) is 0 Å². The van der Waals surface area contributed by atoms with E-state index in [9.17, 15) is 17.6 Å². The monoisotopic (exact) mass is 330 g/mol. The average Bonchev–Trinajstić information content (AvgIpc) is 2.81. The molecule has 0 amide bonds. The molecule has 0 aliphatic rings. The Hall–Kier alpha value is -2.43. The summed E-state index contributed by atoms with van der Waals surface area (Å²) in [6.45, 7) is 0. The van der Waals surface area contributed by atoms with Gasteiger partial charge in [-0.2, -0.15) is 13.2 Å². The third-order valence-electron chi connectivity index (χ3n) is 2.67. The van der Waals surface area contributed by atoms with E-state index in [2.05, 4.69) is 20.2 Å². The van der Waals surface area contributed by atoms with Crippen LogP contribution in [0.5, 0.6) is 0 Å². The minimum atomic E-state index is -4.72. The summed E-state index contributed by atoms with van der Waals surface area (Å²) in [6.07, 6.45) is -3.51. The molecule has 1 aromatic carbocycles. The summed E-state index contributed by atoms with van der Waals surface area (Å²) in [5.41, 5.74) is 0.443. The van der Waals surface area contributed by atoms with Gasteiger partial charge >= 0.3 is 6.18 Å². The number of alkyl halides is 3. The number of hydrogen-bond acceptors (Lipinski definition) is 6. The first-order chi connectivity index (χ1) is 10.4. The van der Waals surface area contributed by atoms with Crippen molar-refractivity contribution in [3.05, 3.63) is 36.2 Å². The largest absolute Gasteiger partial charge is 0.453 e. The third kappa shape index (κ3) is 2.54. The van der Waals surface area contributed by atoms with Crippen molar-refractivity contribution >= 4 is 22.7 Å². The molecule has 0 aliphatic carbocycles. The van der Waals surface area contributed by atoms with Gasteiger partial charge in [0, 0.05) is 5.39 Å². The second-order valence-corrected chi connectivity index (χ2v) is 5.07. The summed E-state index contributed by atoms with van der Waals surface area (Å²) >= 11 is 0.736. The lowest BCUT2D eigenvalue weighted by Crippen LogP contribution is -2.21. The first-order valence-corrected chi connectivity index (χ1v) is 6.53. The highest BCUT2D eigenvalue weighted by molar-refractivity contribution is 7.99. The molecule has 2 heterocycles. The number of hydrogen-bond donors (Lipinski definition) is 1. The summed E-state index contributed by atoms with van der Waals surface area (Å²) in [5.74, 6) is 3.49. The predicted octanol–water partition coefficient (Wildman–Crippen LogP) is 2.24. The molecular weight excluding hydrogens is 324 g/mol. The Morgan fingerprint density at radius 3 is 2.59 bits per heavy atom. The molecule has 0 fully saturated rings. The maximum atomic E-state index is 13.3. The van der Waals surface area contributed by atoms with Crippen molar-refractivity contribution in [1.29, 1.82) is 0 Å². The Kier molecular flexibility index (Phi) is 3.35. The van der Waals surface area contributed by atoms with Gasteiger partial charge < -0.3 is 5.84 Å². The Morgan fingerprint density at radius 2 is 1.91 bits per heavy atom. The van der Waals surface area contributed by atoms with E-state index in [1.165, 1.54) is 24.5 Å². The highest BCUT2D eigenvalue weighted by Crippen LogP contribution is 2.33. The van der Waals surface area contributed by atoms with Gasteiger partial charge in [-0.05, 0) is 30.0 Å². The number of benzene rings is 1. The van der Waals surface area contributed by atoms with Gasteiger partial charge in [-0.25, -0.2) is 19.0 Å².